The van der Waals surface area contributed by atoms with Crippen LogP contribution in [0.3, 0.4) is 0 Å². The Morgan fingerprint density at radius 2 is 1.88 bits per heavy atom. The molecule has 0 amide bonds. The van der Waals surface area contributed by atoms with Crippen LogP contribution in [-0.2, 0) is 10.0 Å². The van der Waals surface area contributed by atoms with Crippen LogP contribution in [0.4, 0.5) is 5.69 Å². The van der Waals surface area contributed by atoms with Gasteiger partial charge in [-0.3, -0.25) is 10.1 Å². The van der Waals surface area contributed by atoms with Gasteiger partial charge >= 0.3 is 0 Å². The molecule has 1 aliphatic carbocycles. The number of hydrogen-bond acceptors (Lipinski definition) is 5. The molecule has 8 heteroatoms. The fraction of sp³-hybridized carbons (Fsp3) is 0.556. The predicted molar refractivity (Wildman–Crippen MR) is 104 cm³/mol. The van der Waals surface area contributed by atoms with Gasteiger partial charge in [-0.25, -0.2) is 8.42 Å². The van der Waals surface area contributed by atoms with E-state index in [1.807, 2.05) is 20.8 Å². The molecule has 26 heavy (non-hydrogen) atoms. The van der Waals surface area contributed by atoms with E-state index in [1.54, 1.807) is 0 Å². The average molecular weight is 397 g/mol. The second-order valence-corrected chi connectivity index (χ2v) is 11.0. The van der Waals surface area contributed by atoms with Crippen molar-refractivity contribution in [2.45, 2.75) is 73.0 Å². The number of thioether (sulfide) groups is 1. The summed E-state index contributed by atoms with van der Waals surface area (Å²) in [6, 6.07) is 4.01. The van der Waals surface area contributed by atoms with E-state index in [0.29, 0.717) is 17.7 Å². The molecule has 2 rings (SSSR count). The highest BCUT2D eigenvalue weighted by molar-refractivity contribution is 8.00. The maximum atomic E-state index is 12.8. The zero-order chi connectivity index (χ0) is 19.6. The molecular weight excluding hydrogens is 372 g/mol. The monoisotopic (exact) mass is 396 g/mol. The van der Waals surface area contributed by atoms with Gasteiger partial charge in [0, 0.05) is 10.8 Å². The quantitative estimate of drug-likeness (QED) is 0.350. The van der Waals surface area contributed by atoms with E-state index in [0.717, 1.165) is 25.3 Å². The molecule has 0 unspecified atom stereocenters. The maximum absolute atomic E-state index is 12.8. The van der Waals surface area contributed by atoms with Crippen molar-refractivity contribution in [1.29, 1.82) is 0 Å². The van der Waals surface area contributed by atoms with Crippen molar-refractivity contribution in [3.8, 4) is 12.3 Å². The number of nitro groups is 1. The third-order valence-corrected chi connectivity index (χ3v) is 6.88. The number of nitrogens with zero attached hydrogens (tertiary/aromatic N) is 1. The molecule has 0 bridgehead atoms. The topological polar surface area (TPSA) is 89.3 Å². The van der Waals surface area contributed by atoms with Gasteiger partial charge in [0.25, 0.3) is 5.69 Å². The Labute approximate surface area is 159 Å². The first-order valence-corrected chi connectivity index (χ1v) is 10.8. The third-order valence-electron chi connectivity index (χ3n) is 4.17. The largest absolute Gasteiger partial charge is 0.284 e. The summed E-state index contributed by atoms with van der Waals surface area (Å²) in [6.07, 6.45) is 9.48. The van der Waals surface area contributed by atoms with E-state index in [9.17, 15) is 18.5 Å². The van der Waals surface area contributed by atoms with Gasteiger partial charge in [0.1, 0.15) is 0 Å². The van der Waals surface area contributed by atoms with Crippen LogP contribution in [0.15, 0.2) is 28.0 Å². The molecule has 0 spiro atoms. The molecule has 142 valence electrons. The maximum Gasteiger partial charge on any atom is 0.284 e. The zero-order valence-electron chi connectivity index (χ0n) is 15.2. The summed E-state index contributed by atoms with van der Waals surface area (Å²) in [5.41, 5.74) is -1.13. The Balaban J connectivity index is 2.39. The summed E-state index contributed by atoms with van der Waals surface area (Å²) < 4.78 is 28.0. The van der Waals surface area contributed by atoms with E-state index in [1.165, 1.54) is 23.9 Å². The Morgan fingerprint density at radius 3 is 2.38 bits per heavy atom. The third kappa shape index (κ3) is 5.00. The van der Waals surface area contributed by atoms with E-state index in [4.69, 9.17) is 6.42 Å². The second-order valence-electron chi connectivity index (χ2n) is 7.49. The van der Waals surface area contributed by atoms with Gasteiger partial charge in [-0.05, 0) is 25.0 Å². The van der Waals surface area contributed by atoms with Gasteiger partial charge in [0.15, 0.2) is 0 Å². The van der Waals surface area contributed by atoms with Gasteiger partial charge in [0.2, 0.25) is 10.0 Å². The summed E-state index contributed by atoms with van der Waals surface area (Å²) in [4.78, 5) is 11.2. The first-order chi connectivity index (χ1) is 12.0. The lowest BCUT2D eigenvalue weighted by Crippen LogP contribution is -2.48. The molecule has 0 saturated heterocycles. The molecule has 1 N–H and O–H groups in total. The molecule has 1 aromatic rings. The SMILES string of the molecule is C#CC1(NS(=O)(=O)c2ccc(SC(C)(C)C)c([N+](=O)[O-])c2)CCCCC1. The Morgan fingerprint density at radius 1 is 1.27 bits per heavy atom. The van der Waals surface area contributed by atoms with Crippen LogP contribution in [0.5, 0.6) is 0 Å². The summed E-state index contributed by atoms with van der Waals surface area (Å²) in [6.45, 7) is 5.81. The Hall–Kier alpha value is -1.56. The van der Waals surface area contributed by atoms with Crippen molar-refractivity contribution in [3.05, 3.63) is 28.3 Å². The fourth-order valence-electron chi connectivity index (χ4n) is 2.97. The van der Waals surface area contributed by atoms with E-state index >= 15 is 0 Å². The molecule has 0 heterocycles. The van der Waals surface area contributed by atoms with Crippen molar-refractivity contribution in [2.75, 3.05) is 0 Å². The fourth-order valence-corrected chi connectivity index (χ4v) is 5.41. The number of benzene rings is 1. The molecule has 1 saturated carbocycles. The van der Waals surface area contributed by atoms with Crippen molar-refractivity contribution in [3.63, 3.8) is 0 Å². The van der Waals surface area contributed by atoms with Crippen molar-refractivity contribution in [2.24, 2.45) is 0 Å². The Bertz CT molecular complexity index is 830. The first kappa shape index (κ1) is 20.7. The minimum atomic E-state index is -3.95. The van der Waals surface area contributed by atoms with Gasteiger partial charge in [-0.15, -0.1) is 18.2 Å². The number of sulfonamides is 1. The molecule has 1 fully saturated rings. The highest BCUT2D eigenvalue weighted by Gasteiger charge is 2.35. The lowest BCUT2D eigenvalue weighted by Gasteiger charge is -2.32. The summed E-state index contributed by atoms with van der Waals surface area (Å²) in [5, 5.41) is 11.4. The molecule has 0 radical (unpaired) electrons. The van der Waals surface area contributed by atoms with Gasteiger partial charge in [-0.2, -0.15) is 4.72 Å². The van der Waals surface area contributed by atoms with Crippen LogP contribution < -0.4 is 4.72 Å². The van der Waals surface area contributed by atoms with Crippen LogP contribution in [0, 0.1) is 22.5 Å². The predicted octanol–water partition coefficient (Wildman–Crippen LogP) is 4.10. The van der Waals surface area contributed by atoms with E-state index in [2.05, 4.69) is 10.6 Å². The van der Waals surface area contributed by atoms with E-state index < -0.39 is 20.5 Å². The number of hydrogen-bond donors (Lipinski definition) is 1. The van der Waals surface area contributed by atoms with Crippen LogP contribution in [-0.4, -0.2) is 23.6 Å². The highest BCUT2D eigenvalue weighted by Crippen LogP contribution is 2.39. The molecule has 1 aromatic carbocycles. The lowest BCUT2D eigenvalue weighted by molar-refractivity contribution is -0.388. The van der Waals surface area contributed by atoms with Crippen LogP contribution in [0.2, 0.25) is 0 Å². The minimum Gasteiger partial charge on any atom is -0.258 e. The van der Waals surface area contributed by atoms with Crippen LogP contribution in [0.25, 0.3) is 0 Å². The van der Waals surface area contributed by atoms with Crippen molar-refractivity contribution >= 4 is 27.5 Å². The minimum absolute atomic E-state index is 0.136. The standard InChI is InChI=1S/C18H24N2O4S2/c1-5-18(11-7-6-8-12-18)19-26(23,24)14-9-10-16(25-17(2,3)4)15(13-14)20(21)22/h1,9-10,13,19H,6-8,11-12H2,2-4H3. The van der Waals surface area contributed by atoms with Crippen molar-refractivity contribution < 1.29 is 13.3 Å². The molecule has 0 aliphatic heterocycles. The number of rotatable bonds is 5. The van der Waals surface area contributed by atoms with Gasteiger partial charge < -0.3 is 0 Å². The smallest absolute Gasteiger partial charge is 0.258 e. The Kier molecular flexibility index (Phi) is 6.06. The normalized spacial score (nSPS) is 17.5. The number of nitrogens with one attached hydrogen (secondary N) is 1. The van der Waals surface area contributed by atoms with Crippen LogP contribution in [0.1, 0.15) is 52.9 Å². The lowest BCUT2D eigenvalue weighted by atomic mass is 9.83. The first-order valence-electron chi connectivity index (χ1n) is 8.47. The molecule has 0 aromatic heterocycles. The molecule has 1 aliphatic rings. The summed E-state index contributed by atoms with van der Waals surface area (Å²) in [5.74, 6) is 2.59. The number of terminal acetylenes is 1. The van der Waals surface area contributed by atoms with Gasteiger partial charge in [0.05, 0.1) is 20.3 Å². The zero-order valence-corrected chi connectivity index (χ0v) is 16.9. The summed E-state index contributed by atoms with van der Waals surface area (Å²) >= 11 is 1.33. The number of nitro benzene ring substituents is 1. The second kappa shape index (κ2) is 7.59. The van der Waals surface area contributed by atoms with E-state index in [-0.39, 0.29) is 15.3 Å². The van der Waals surface area contributed by atoms with Crippen LogP contribution >= 0.6 is 11.8 Å². The highest BCUT2D eigenvalue weighted by atomic mass is 32.2. The van der Waals surface area contributed by atoms with Crippen molar-refractivity contribution in [1.82, 2.24) is 4.72 Å². The van der Waals surface area contributed by atoms with Gasteiger partial charge in [-0.1, -0.05) is 46.0 Å². The molecular formula is C18H24N2O4S2. The average Bonchev–Trinajstić information content (AvgIpc) is 2.53. The summed E-state index contributed by atoms with van der Waals surface area (Å²) in [7, 11) is -3.95. The molecule has 6 nitrogen and oxygen atoms in total. The molecule has 0 atom stereocenters.